The van der Waals surface area contributed by atoms with Gasteiger partial charge in [-0.3, -0.25) is 0 Å². The first kappa shape index (κ1) is 9.50. The molecule has 0 aliphatic heterocycles. The van der Waals surface area contributed by atoms with E-state index in [0.29, 0.717) is 5.82 Å². The van der Waals surface area contributed by atoms with Gasteiger partial charge in [-0.25, -0.2) is 4.98 Å². The van der Waals surface area contributed by atoms with E-state index in [1.54, 1.807) is 0 Å². The lowest BCUT2D eigenvalue weighted by molar-refractivity contribution is 0.443. The maximum atomic E-state index is 5.75. The summed E-state index contributed by atoms with van der Waals surface area (Å²) >= 11 is 0. The third kappa shape index (κ3) is 2.06. The first-order valence-corrected chi connectivity index (χ1v) is 5.50. The molecule has 0 bridgehead atoms. The van der Waals surface area contributed by atoms with Gasteiger partial charge in [0.2, 0.25) is 0 Å². The summed E-state index contributed by atoms with van der Waals surface area (Å²) in [6.07, 6.45) is 6.78. The molecule has 14 heavy (non-hydrogen) atoms. The zero-order chi connectivity index (χ0) is 9.97. The van der Waals surface area contributed by atoms with Crippen LogP contribution in [-0.2, 0) is 0 Å². The number of nitrogens with two attached hydrogens (primary N) is 1. The minimum atomic E-state index is 0.672. The van der Waals surface area contributed by atoms with E-state index in [9.17, 15) is 0 Å². The predicted octanol–water partition coefficient (Wildman–Crippen LogP) is 3.02. The van der Waals surface area contributed by atoms with Crippen LogP contribution in [0, 0.1) is 6.92 Å². The highest BCUT2D eigenvalue weighted by Crippen LogP contribution is 2.33. The molecule has 1 aromatic rings. The Morgan fingerprint density at radius 2 is 1.93 bits per heavy atom. The molecule has 0 radical (unpaired) electrons. The lowest BCUT2D eigenvalue weighted by Gasteiger charge is -2.22. The Morgan fingerprint density at radius 3 is 2.57 bits per heavy atom. The van der Waals surface area contributed by atoms with Gasteiger partial charge in [0, 0.05) is 5.69 Å². The Kier molecular flexibility index (Phi) is 2.71. The summed E-state index contributed by atoms with van der Waals surface area (Å²) in [5.74, 6) is 1.40. The average molecular weight is 190 g/mol. The highest BCUT2D eigenvalue weighted by Gasteiger charge is 2.15. The van der Waals surface area contributed by atoms with E-state index < -0.39 is 0 Å². The summed E-state index contributed by atoms with van der Waals surface area (Å²) in [5, 5.41) is 0. The summed E-state index contributed by atoms with van der Waals surface area (Å²) < 4.78 is 0. The van der Waals surface area contributed by atoms with E-state index in [-0.39, 0.29) is 0 Å². The normalized spacial score (nSPS) is 18.4. The third-order valence-electron chi connectivity index (χ3n) is 3.07. The number of nitrogens with zero attached hydrogens (tertiary/aromatic N) is 1. The van der Waals surface area contributed by atoms with Crippen molar-refractivity contribution in [3.8, 4) is 0 Å². The van der Waals surface area contributed by atoms with E-state index in [0.717, 1.165) is 11.6 Å². The van der Waals surface area contributed by atoms with Crippen LogP contribution in [0.2, 0.25) is 0 Å². The van der Waals surface area contributed by atoms with Gasteiger partial charge in [-0.1, -0.05) is 19.3 Å². The second-order valence-electron chi connectivity index (χ2n) is 4.30. The number of rotatable bonds is 1. The molecule has 1 heterocycles. The fourth-order valence-electron chi connectivity index (χ4n) is 2.39. The van der Waals surface area contributed by atoms with Gasteiger partial charge >= 0.3 is 0 Å². The zero-order valence-corrected chi connectivity index (χ0v) is 8.79. The molecule has 2 N–H and O–H groups in total. The van der Waals surface area contributed by atoms with E-state index >= 15 is 0 Å². The van der Waals surface area contributed by atoms with Crippen LogP contribution in [-0.4, -0.2) is 4.98 Å². The Labute approximate surface area is 85.5 Å². The van der Waals surface area contributed by atoms with Crippen LogP contribution in [0.4, 0.5) is 5.82 Å². The third-order valence-corrected chi connectivity index (χ3v) is 3.07. The van der Waals surface area contributed by atoms with Crippen LogP contribution in [0.3, 0.4) is 0 Å². The molecule has 2 nitrogen and oxygen atoms in total. The highest BCUT2D eigenvalue weighted by molar-refractivity contribution is 5.36. The van der Waals surface area contributed by atoms with Crippen molar-refractivity contribution in [3.63, 3.8) is 0 Å². The fourth-order valence-corrected chi connectivity index (χ4v) is 2.39. The molecule has 0 aromatic carbocycles. The van der Waals surface area contributed by atoms with Crippen molar-refractivity contribution in [3.05, 3.63) is 23.4 Å². The zero-order valence-electron chi connectivity index (χ0n) is 8.79. The molecule has 1 aliphatic rings. The standard InChI is InChI=1S/C12H18N2/c1-9-7-11(8-12(13)14-9)10-5-3-2-4-6-10/h7-8,10H,2-6H2,1H3,(H2,13,14). The summed E-state index contributed by atoms with van der Waals surface area (Å²) in [5.41, 5.74) is 8.20. The number of hydrogen-bond acceptors (Lipinski definition) is 2. The second kappa shape index (κ2) is 3.99. The fraction of sp³-hybridized carbons (Fsp3) is 0.583. The monoisotopic (exact) mass is 190 g/mol. The predicted molar refractivity (Wildman–Crippen MR) is 59.2 cm³/mol. The summed E-state index contributed by atoms with van der Waals surface area (Å²) in [6, 6.07) is 4.23. The summed E-state index contributed by atoms with van der Waals surface area (Å²) in [6.45, 7) is 2.02. The van der Waals surface area contributed by atoms with Gasteiger partial charge in [-0.05, 0) is 43.4 Å². The number of aromatic nitrogens is 1. The molecule has 0 saturated heterocycles. The SMILES string of the molecule is Cc1cc(C2CCCCC2)cc(N)n1. The van der Waals surface area contributed by atoms with Crippen molar-refractivity contribution < 1.29 is 0 Å². The molecule has 0 spiro atoms. The van der Waals surface area contributed by atoms with Crippen molar-refractivity contribution in [1.29, 1.82) is 0 Å². The molecular weight excluding hydrogens is 172 g/mol. The van der Waals surface area contributed by atoms with Gasteiger partial charge in [0.05, 0.1) is 0 Å². The van der Waals surface area contributed by atoms with Crippen molar-refractivity contribution in [2.75, 3.05) is 5.73 Å². The Hall–Kier alpha value is -1.05. The minimum Gasteiger partial charge on any atom is -0.384 e. The maximum Gasteiger partial charge on any atom is 0.123 e. The molecule has 1 saturated carbocycles. The van der Waals surface area contributed by atoms with Crippen molar-refractivity contribution in [1.82, 2.24) is 4.98 Å². The van der Waals surface area contributed by atoms with Gasteiger partial charge in [0.25, 0.3) is 0 Å². The largest absolute Gasteiger partial charge is 0.384 e. The van der Waals surface area contributed by atoms with Crippen LogP contribution < -0.4 is 5.73 Å². The molecule has 0 atom stereocenters. The molecule has 0 amide bonds. The van der Waals surface area contributed by atoms with Gasteiger partial charge in [-0.2, -0.15) is 0 Å². The number of nitrogen functional groups attached to an aromatic ring is 1. The quantitative estimate of drug-likeness (QED) is 0.739. The second-order valence-corrected chi connectivity index (χ2v) is 4.30. The van der Waals surface area contributed by atoms with Gasteiger partial charge in [0.1, 0.15) is 5.82 Å². The van der Waals surface area contributed by atoms with Crippen molar-refractivity contribution in [2.24, 2.45) is 0 Å². The van der Waals surface area contributed by atoms with Gasteiger partial charge < -0.3 is 5.73 Å². The first-order valence-electron chi connectivity index (χ1n) is 5.50. The molecule has 76 valence electrons. The molecule has 0 unspecified atom stereocenters. The van der Waals surface area contributed by atoms with E-state index in [2.05, 4.69) is 11.1 Å². The lowest BCUT2D eigenvalue weighted by atomic mass is 9.84. The number of hydrogen-bond donors (Lipinski definition) is 1. The summed E-state index contributed by atoms with van der Waals surface area (Å²) in [4.78, 5) is 4.21. The van der Waals surface area contributed by atoms with Crippen molar-refractivity contribution in [2.45, 2.75) is 44.9 Å². The molecule has 1 aromatic heterocycles. The maximum absolute atomic E-state index is 5.75. The average Bonchev–Trinajstić information content (AvgIpc) is 2.18. The lowest BCUT2D eigenvalue weighted by Crippen LogP contribution is -2.06. The molecular formula is C12H18N2. The van der Waals surface area contributed by atoms with Crippen molar-refractivity contribution >= 4 is 5.82 Å². The van der Waals surface area contributed by atoms with E-state index in [1.807, 2.05) is 13.0 Å². The Morgan fingerprint density at radius 1 is 1.21 bits per heavy atom. The van der Waals surface area contributed by atoms with Crippen LogP contribution >= 0.6 is 0 Å². The Bertz CT molecular complexity index is 294. The van der Waals surface area contributed by atoms with Gasteiger partial charge in [-0.15, -0.1) is 0 Å². The topological polar surface area (TPSA) is 38.9 Å². The molecule has 2 rings (SSSR count). The first-order chi connectivity index (χ1) is 6.75. The summed E-state index contributed by atoms with van der Waals surface area (Å²) in [7, 11) is 0. The van der Waals surface area contributed by atoms with Crippen LogP contribution in [0.25, 0.3) is 0 Å². The van der Waals surface area contributed by atoms with E-state index in [4.69, 9.17) is 5.73 Å². The van der Waals surface area contributed by atoms with Crippen LogP contribution in [0.1, 0.15) is 49.3 Å². The highest BCUT2D eigenvalue weighted by atomic mass is 14.8. The smallest absolute Gasteiger partial charge is 0.123 e. The van der Waals surface area contributed by atoms with Crippen LogP contribution in [0.5, 0.6) is 0 Å². The molecule has 1 aliphatic carbocycles. The van der Waals surface area contributed by atoms with Gasteiger partial charge in [0.15, 0.2) is 0 Å². The van der Waals surface area contributed by atoms with Crippen LogP contribution in [0.15, 0.2) is 12.1 Å². The number of anilines is 1. The Balaban J connectivity index is 2.21. The number of pyridine rings is 1. The molecule has 1 fully saturated rings. The number of aryl methyl sites for hydroxylation is 1. The minimum absolute atomic E-state index is 0.672. The van der Waals surface area contributed by atoms with E-state index in [1.165, 1.54) is 37.7 Å². The molecule has 2 heteroatoms.